The summed E-state index contributed by atoms with van der Waals surface area (Å²) in [5, 5.41) is 12.6. The maximum atomic E-state index is 11.5. The molecule has 2 nitrogen and oxygen atoms in total. The molecule has 102 valence electrons. The SMILES string of the molecule is CCCCCCC(C(=O)O)c1csc2ccccc12. The molecule has 0 radical (unpaired) electrons. The lowest BCUT2D eigenvalue weighted by molar-refractivity contribution is -0.139. The smallest absolute Gasteiger partial charge is 0.311 e. The monoisotopic (exact) mass is 276 g/mol. The van der Waals surface area contributed by atoms with Gasteiger partial charge >= 0.3 is 5.97 Å². The molecule has 1 aromatic carbocycles. The molecule has 2 aromatic rings. The van der Waals surface area contributed by atoms with Gasteiger partial charge in [-0.05, 0) is 28.8 Å². The predicted octanol–water partition coefficient (Wildman–Crippen LogP) is 5.04. The molecule has 2 rings (SSSR count). The molecule has 0 aliphatic rings. The molecule has 0 bridgehead atoms. The van der Waals surface area contributed by atoms with E-state index in [0.29, 0.717) is 0 Å². The van der Waals surface area contributed by atoms with Crippen molar-refractivity contribution >= 4 is 27.4 Å². The molecule has 0 saturated carbocycles. The molecule has 1 heterocycles. The van der Waals surface area contributed by atoms with Gasteiger partial charge in [0.25, 0.3) is 0 Å². The fourth-order valence-corrected chi connectivity index (χ4v) is 3.47. The number of carboxylic acid groups (broad SMARTS) is 1. The Bertz CT molecular complexity index is 544. The largest absolute Gasteiger partial charge is 0.481 e. The maximum absolute atomic E-state index is 11.5. The highest BCUT2D eigenvalue weighted by Crippen LogP contribution is 2.34. The quantitative estimate of drug-likeness (QED) is 0.719. The summed E-state index contributed by atoms with van der Waals surface area (Å²) >= 11 is 1.64. The number of carbonyl (C=O) groups is 1. The van der Waals surface area contributed by atoms with Crippen molar-refractivity contribution in [1.29, 1.82) is 0 Å². The minimum absolute atomic E-state index is 0.354. The number of fused-ring (bicyclic) bond motifs is 1. The summed E-state index contributed by atoms with van der Waals surface area (Å²) in [6.45, 7) is 2.17. The molecule has 1 atom stereocenters. The molecule has 0 saturated heterocycles. The fourth-order valence-electron chi connectivity index (χ4n) is 2.46. The van der Waals surface area contributed by atoms with Crippen LogP contribution in [0.25, 0.3) is 10.1 Å². The molecule has 0 aliphatic heterocycles. The van der Waals surface area contributed by atoms with Gasteiger partial charge in [-0.1, -0.05) is 50.8 Å². The summed E-state index contributed by atoms with van der Waals surface area (Å²) in [7, 11) is 0. The normalized spacial score (nSPS) is 12.7. The van der Waals surface area contributed by atoms with Gasteiger partial charge in [0.05, 0.1) is 5.92 Å². The zero-order valence-corrected chi connectivity index (χ0v) is 12.1. The first-order chi connectivity index (χ1) is 9.24. The second-order valence-electron chi connectivity index (χ2n) is 4.93. The Morgan fingerprint density at radius 1 is 1.26 bits per heavy atom. The molecule has 0 aliphatic carbocycles. The van der Waals surface area contributed by atoms with E-state index in [9.17, 15) is 9.90 Å². The third-order valence-electron chi connectivity index (χ3n) is 3.53. The summed E-state index contributed by atoms with van der Waals surface area (Å²) in [4.78, 5) is 11.5. The van der Waals surface area contributed by atoms with Crippen molar-refractivity contribution < 1.29 is 9.90 Å². The molecule has 1 aromatic heterocycles. The van der Waals surface area contributed by atoms with E-state index in [1.165, 1.54) is 17.5 Å². The first kappa shape index (κ1) is 14.1. The van der Waals surface area contributed by atoms with Gasteiger partial charge in [-0.25, -0.2) is 0 Å². The third-order valence-corrected chi connectivity index (χ3v) is 4.51. The van der Waals surface area contributed by atoms with Crippen LogP contribution < -0.4 is 0 Å². The van der Waals surface area contributed by atoms with E-state index >= 15 is 0 Å². The van der Waals surface area contributed by atoms with Gasteiger partial charge in [-0.3, -0.25) is 4.79 Å². The summed E-state index contributed by atoms with van der Waals surface area (Å²) in [6, 6.07) is 8.07. The maximum Gasteiger partial charge on any atom is 0.311 e. The Hall–Kier alpha value is -1.35. The van der Waals surface area contributed by atoms with Crippen molar-refractivity contribution in [3.8, 4) is 0 Å². The Kier molecular flexibility index (Phi) is 4.97. The van der Waals surface area contributed by atoms with Crippen molar-refractivity contribution in [2.75, 3.05) is 0 Å². The molecular formula is C16H20O2S. The lowest BCUT2D eigenvalue weighted by atomic mass is 9.93. The molecular weight excluding hydrogens is 256 g/mol. The minimum Gasteiger partial charge on any atom is -0.481 e. The zero-order valence-electron chi connectivity index (χ0n) is 11.3. The lowest BCUT2D eigenvalue weighted by Crippen LogP contribution is -2.11. The molecule has 0 amide bonds. The summed E-state index contributed by atoms with van der Waals surface area (Å²) in [6.07, 6.45) is 5.24. The Morgan fingerprint density at radius 3 is 2.79 bits per heavy atom. The van der Waals surface area contributed by atoms with Crippen molar-refractivity contribution in [2.45, 2.75) is 44.9 Å². The molecule has 1 unspecified atom stereocenters. The number of rotatable bonds is 7. The molecule has 0 fully saturated rings. The average Bonchev–Trinajstić information content (AvgIpc) is 2.82. The number of carboxylic acids is 1. The highest BCUT2D eigenvalue weighted by molar-refractivity contribution is 7.17. The number of benzene rings is 1. The van der Waals surface area contributed by atoms with Crippen LogP contribution in [0.1, 0.15) is 50.5 Å². The number of unbranched alkanes of at least 4 members (excludes halogenated alkanes) is 3. The van der Waals surface area contributed by atoms with E-state index < -0.39 is 5.97 Å². The van der Waals surface area contributed by atoms with E-state index in [0.717, 1.165) is 30.2 Å². The van der Waals surface area contributed by atoms with Gasteiger partial charge in [0.15, 0.2) is 0 Å². The molecule has 19 heavy (non-hydrogen) atoms. The molecule has 1 N–H and O–H groups in total. The van der Waals surface area contributed by atoms with E-state index in [1.807, 2.05) is 23.6 Å². The van der Waals surface area contributed by atoms with Crippen LogP contribution in [-0.2, 0) is 4.79 Å². The topological polar surface area (TPSA) is 37.3 Å². The van der Waals surface area contributed by atoms with Gasteiger partial charge in [0, 0.05) is 4.70 Å². The Balaban J connectivity index is 2.16. The van der Waals surface area contributed by atoms with Gasteiger partial charge in [-0.15, -0.1) is 11.3 Å². The van der Waals surface area contributed by atoms with Crippen LogP contribution in [0, 0.1) is 0 Å². The predicted molar refractivity (Wildman–Crippen MR) is 81.0 cm³/mol. The standard InChI is InChI=1S/C16H20O2S/c1-2-3-4-5-9-13(16(17)18)14-11-19-15-10-7-6-8-12(14)15/h6-8,10-11,13H,2-5,9H2,1H3,(H,17,18). The van der Waals surface area contributed by atoms with Crippen LogP contribution >= 0.6 is 11.3 Å². The highest BCUT2D eigenvalue weighted by atomic mass is 32.1. The number of hydrogen-bond acceptors (Lipinski definition) is 2. The average molecular weight is 276 g/mol. The zero-order chi connectivity index (χ0) is 13.7. The Labute approximate surface area is 118 Å². The summed E-state index contributed by atoms with van der Waals surface area (Å²) in [5.41, 5.74) is 0.990. The molecule has 3 heteroatoms. The van der Waals surface area contributed by atoms with Crippen molar-refractivity contribution in [2.24, 2.45) is 0 Å². The third kappa shape index (κ3) is 3.35. The van der Waals surface area contributed by atoms with Crippen LogP contribution in [0.3, 0.4) is 0 Å². The summed E-state index contributed by atoms with van der Waals surface area (Å²) in [5.74, 6) is -1.05. The number of hydrogen-bond donors (Lipinski definition) is 1. The first-order valence-corrected chi connectivity index (χ1v) is 7.81. The van der Waals surface area contributed by atoms with Crippen molar-refractivity contribution in [3.05, 3.63) is 35.2 Å². The minimum atomic E-state index is -0.694. The number of thiophene rings is 1. The summed E-state index contributed by atoms with van der Waals surface area (Å²) < 4.78 is 1.18. The second-order valence-corrected chi connectivity index (χ2v) is 5.84. The van der Waals surface area contributed by atoms with Crippen LogP contribution in [-0.4, -0.2) is 11.1 Å². The van der Waals surface area contributed by atoms with Gasteiger partial charge in [0.1, 0.15) is 0 Å². The van der Waals surface area contributed by atoms with Gasteiger partial charge in [0.2, 0.25) is 0 Å². The first-order valence-electron chi connectivity index (χ1n) is 6.93. The van der Waals surface area contributed by atoms with Crippen LogP contribution in [0.5, 0.6) is 0 Å². The van der Waals surface area contributed by atoms with Gasteiger partial charge < -0.3 is 5.11 Å². The van der Waals surface area contributed by atoms with Crippen LogP contribution in [0.2, 0.25) is 0 Å². The Morgan fingerprint density at radius 2 is 2.05 bits per heavy atom. The highest BCUT2D eigenvalue weighted by Gasteiger charge is 2.22. The van der Waals surface area contributed by atoms with E-state index in [1.54, 1.807) is 11.3 Å². The fraction of sp³-hybridized carbons (Fsp3) is 0.438. The van der Waals surface area contributed by atoms with Crippen LogP contribution in [0.15, 0.2) is 29.6 Å². The van der Waals surface area contributed by atoms with E-state index in [2.05, 4.69) is 13.0 Å². The van der Waals surface area contributed by atoms with E-state index in [-0.39, 0.29) is 5.92 Å². The second kappa shape index (κ2) is 6.71. The van der Waals surface area contributed by atoms with Crippen molar-refractivity contribution in [1.82, 2.24) is 0 Å². The van der Waals surface area contributed by atoms with Crippen LogP contribution in [0.4, 0.5) is 0 Å². The van der Waals surface area contributed by atoms with Gasteiger partial charge in [-0.2, -0.15) is 0 Å². The van der Waals surface area contributed by atoms with E-state index in [4.69, 9.17) is 0 Å². The number of aliphatic carboxylic acids is 1. The lowest BCUT2D eigenvalue weighted by Gasteiger charge is -2.11. The van der Waals surface area contributed by atoms with Crippen molar-refractivity contribution in [3.63, 3.8) is 0 Å². The molecule has 0 spiro atoms.